The summed E-state index contributed by atoms with van der Waals surface area (Å²) in [6, 6.07) is 11.7. The number of nitrogens with one attached hydrogen (secondary N) is 3. The molecule has 2 amide bonds. The van der Waals surface area contributed by atoms with Gasteiger partial charge < -0.3 is 10.6 Å². The Bertz CT molecular complexity index is 1250. The van der Waals surface area contributed by atoms with E-state index in [9.17, 15) is 31.2 Å². The molecule has 1 aromatic heterocycles. The first-order chi connectivity index (χ1) is 15.5. The quantitative estimate of drug-likeness (QED) is 0.482. The molecule has 8 nitrogen and oxygen atoms in total. The first kappa shape index (κ1) is 23.7. The van der Waals surface area contributed by atoms with Crippen LogP contribution in [0, 0.1) is 0 Å². The third-order valence-corrected chi connectivity index (χ3v) is 5.62. The van der Waals surface area contributed by atoms with Crippen molar-refractivity contribution < 1.29 is 31.2 Å². The Balaban J connectivity index is 1.61. The van der Waals surface area contributed by atoms with Gasteiger partial charge in [0.15, 0.2) is 0 Å². The van der Waals surface area contributed by atoms with E-state index in [2.05, 4.69) is 20.3 Å². The summed E-state index contributed by atoms with van der Waals surface area (Å²) in [5.74, 6) is -1.10. The van der Waals surface area contributed by atoms with Gasteiger partial charge in [-0.3, -0.25) is 19.3 Å². The van der Waals surface area contributed by atoms with E-state index >= 15 is 0 Å². The van der Waals surface area contributed by atoms with Gasteiger partial charge in [0.1, 0.15) is 0 Å². The lowest BCUT2D eigenvalue weighted by atomic mass is 10.2. The van der Waals surface area contributed by atoms with Crippen LogP contribution < -0.4 is 15.4 Å². The lowest BCUT2D eigenvalue weighted by Crippen LogP contribution is -2.32. The van der Waals surface area contributed by atoms with E-state index in [1.165, 1.54) is 30.6 Å². The van der Waals surface area contributed by atoms with Crippen molar-refractivity contribution in [2.24, 2.45) is 0 Å². The van der Waals surface area contributed by atoms with Gasteiger partial charge in [0.05, 0.1) is 28.9 Å². The first-order valence-electron chi connectivity index (χ1n) is 9.33. The standard InChI is InChI=1S/C21H17F3N4O4S/c22-21(23,24)15-3-1-4-16(11-15)28-33(31,32)18-8-6-14(7-9-18)20(30)26-13-19(29)27-17-5-2-10-25-12-17/h1-12,28H,13H2,(H,26,30)(H,27,29). The fourth-order valence-electron chi connectivity index (χ4n) is 2.66. The van der Waals surface area contributed by atoms with Crippen molar-refractivity contribution in [3.8, 4) is 0 Å². The highest BCUT2D eigenvalue weighted by Crippen LogP contribution is 2.31. The number of nitrogens with zero attached hydrogens (tertiary/aromatic N) is 1. The third-order valence-electron chi connectivity index (χ3n) is 4.22. The van der Waals surface area contributed by atoms with E-state index in [0.717, 1.165) is 24.3 Å². The minimum Gasteiger partial charge on any atom is -0.343 e. The Morgan fingerprint density at radius 1 is 0.939 bits per heavy atom. The zero-order valence-electron chi connectivity index (χ0n) is 16.8. The van der Waals surface area contributed by atoms with Crippen LogP contribution in [0.15, 0.2) is 78.0 Å². The number of halogens is 3. The van der Waals surface area contributed by atoms with E-state index < -0.39 is 33.6 Å². The summed E-state index contributed by atoms with van der Waals surface area (Å²) >= 11 is 0. The van der Waals surface area contributed by atoms with E-state index in [4.69, 9.17) is 0 Å². The van der Waals surface area contributed by atoms with Gasteiger partial charge in [-0.15, -0.1) is 0 Å². The van der Waals surface area contributed by atoms with Gasteiger partial charge >= 0.3 is 6.18 Å². The molecule has 3 aromatic rings. The number of hydrogen-bond acceptors (Lipinski definition) is 5. The maximum atomic E-state index is 12.8. The molecule has 0 atom stereocenters. The van der Waals surface area contributed by atoms with Gasteiger partial charge in [0.2, 0.25) is 5.91 Å². The molecule has 2 aromatic carbocycles. The number of sulfonamides is 1. The zero-order chi connectivity index (χ0) is 24.1. The molecule has 0 spiro atoms. The smallest absolute Gasteiger partial charge is 0.343 e. The van der Waals surface area contributed by atoms with Gasteiger partial charge in [-0.25, -0.2) is 8.42 Å². The molecule has 0 radical (unpaired) electrons. The number of benzene rings is 2. The molecule has 12 heteroatoms. The number of amides is 2. The first-order valence-corrected chi connectivity index (χ1v) is 10.8. The summed E-state index contributed by atoms with van der Waals surface area (Å²) in [6.45, 7) is -0.328. The van der Waals surface area contributed by atoms with E-state index in [1.807, 2.05) is 0 Å². The summed E-state index contributed by atoms with van der Waals surface area (Å²) in [7, 11) is -4.20. The molecule has 33 heavy (non-hydrogen) atoms. The molecule has 3 N–H and O–H groups in total. The Morgan fingerprint density at radius 2 is 1.64 bits per heavy atom. The largest absolute Gasteiger partial charge is 0.416 e. The van der Waals surface area contributed by atoms with Gasteiger partial charge in [-0.2, -0.15) is 13.2 Å². The molecular formula is C21H17F3N4O4S. The highest BCUT2D eigenvalue weighted by Gasteiger charge is 2.30. The highest BCUT2D eigenvalue weighted by molar-refractivity contribution is 7.92. The predicted molar refractivity (Wildman–Crippen MR) is 114 cm³/mol. The third kappa shape index (κ3) is 6.53. The average Bonchev–Trinajstić information content (AvgIpc) is 2.77. The highest BCUT2D eigenvalue weighted by atomic mass is 32.2. The van der Waals surface area contributed by atoms with Crippen LogP contribution in [0.1, 0.15) is 15.9 Å². The fourth-order valence-corrected chi connectivity index (χ4v) is 3.71. The van der Waals surface area contributed by atoms with Crippen LogP contribution >= 0.6 is 0 Å². The predicted octanol–water partition coefficient (Wildman–Crippen LogP) is 3.27. The van der Waals surface area contributed by atoms with Gasteiger partial charge in [0, 0.05) is 17.4 Å². The molecule has 0 bridgehead atoms. The van der Waals surface area contributed by atoms with Crippen LogP contribution in [0.25, 0.3) is 0 Å². The number of alkyl halides is 3. The number of carbonyl (C=O) groups is 2. The molecule has 172 valence electrons. The van der Waals surface area contributed by atoms with Crippen molar-refractivity contribution in [2.75, 3.05) is 16.6 Å². The minimum atomic E-state index is -4.62. The molecular weight excluding hydrogens is 461 g/mol. The number of rotatable bonds is 7. The lowest BCUT2D eigenvalue weighted by molar-refractivity contribution is -0.137. The van der Waals surface area contributed by atoms with Crippen molar-refractivity contribution in [3.63, 3.8) is 0 Å². The van der Waals surface area contributed by atoms with Gasteiger partial charge in [-0.05, 0) is 54.6 Å². The van der Waals surface area contributed by atoms with Crippen molar-refractivity contribution >= 4 is 33.2 Å². The topological polar surface area (TPSA) is 117 Å². The molecule has 0 aliphatic rings. The van der Waals surface area contributed by atoms with E-state index in [0.29, 0.717) is 11.8 Å². The second kappa shape index (κ2) is 9.69. The average molecular weight is 478 g/mol. The molecule has 0 unspecified atom stereocenters. The van der Waals surface area contributed by atoms with Crippen molar-refractivity contribution in [1.29, 1.82) is 0 Å². The van der Waals surface area contributed by atoms with Crippen molar-refractivity contribution in [1.82, 2.24) is 10.3 Å². The number of hydrogen-bond donors (Lipinski definition) is 3. The summed E-state index contributed by atoms with van der Waals surface area (Å²) in [5, 5.41) is 4.93. The summed E-state index contributed by atoms with van der Waals surface area (Å²) in [4.78, 5) is 27.7. The summed E-state index contributed by atoms with van der Waals surface area (Å²) < 4.78 is 65.5. The van der Waals surface area contributed by atoms with Crippen LogP contribution in [0.5, 0.6) is 0 Å². The molecule has 0 saturated carbocycles. The van der Waals surface area contributed by atoms with Gasteiger partial charge in [0.25, 0.3) is 15.9 Å². The van der Waals surface area contributed by atoms with Crippen molar-refractivity contribution in [2.45, 2.75) is 11.1 Å². The van der Waals surface area contributed by atoms with Crippen molar-refractivity contribution in [3.05, 3.63) is 84.2 Å². The van der Waals surface area contributed by atoms with Crippen LogP contribution in [0.2, 0.25) is 0 Å². The van der Waals surface area contributed by atoms with Crippen LogP contribution in [0.3, 0.4) is 0 Å². The van der Waals surface area contributed by atoms with Crippen LogP contribution in [0.4, 0.5) is 24.5 Å². The monoisotopic (exact) mass is 478 g/mol. The fraction of sp³-hybridized carbons (Fsp3) is 0.0952. The van der Waals surface area contributed by atoms with E-state index in [-0.39, 0.29) is 22.7 Å². The Labute approximate surface area is 186 Å². The number of anilines is 2. The number of carbonyl (C=O) groups excluding carboxylic acids is 2. The normalized spacial score (nSPS) is 11.5. The van der Waals surface area contributed by atoms with Crippen LogP contribution in [-0.4, -0.2) is 31.8 Å². The molecule has 0 saturated heterocycles. The molecule has 0 aliphatic heterocycles. The Hall–Kier alpha value is -3.93. The zero-order valence-corrected chi connectivity index (χ0v) is 17.6. The second-order valence-corrected chi connectivity index (χ2v) is 8.36. The molecule has 0 fully saturated rings. The minimum absolute atomic E-state index is 0.0854. The number of aromatic nitrogens is 1. The summed E-state index contributed by atoms with van der Waals surface area (Å²) in [5.41, 5.74) is -0.713. The Kier molecular flexibility index (Phi) is 6.97. The number of pyridine rings is 1. The van der Waals surface area contributed by atoms with Gasteiger partial charge in [-0.1, -0.05) is 6.07 Å². The van der Waals surface area contributed by atoms with Crippen LogP contribution in [-0.2, 0) is 21.0 Å². The Morgan fingerprint density at radius 3 is 2.27 bits per heavy atom. The molecule has 0 aliphatic carbocycles. The SMILES string of the molecule is O=C(CNC(=O)c1ccc(S(=O)(=O)Nc2cccc(C(F)(F)F)c2)cc1)Nc1cccnc1. The maximum Gasteiger partial charge on any atom is 0.416 e. The molecule has 1 heterocycles. The van der Waals surface area contributed by atoms with E-state index in [1.54, 1.807) is 12.1 Å². The maximum absolute atomic E-state index is 12.8. The molecule has 3 rings (SSSR count). The lowest BCUT2D eigenvalue weighted by Gasteiger charge is -2.12. The second-order valence-electron chi connectivity index (χ2n) is 6.68. The summed E-state index contributed by atoms with van der Waals surface area (Å²) in [6.07, 6.45) is -1.64.